The minimum atomic E-state index is 0.267. The molecule has 0 radical (unpaired) electrons. The maximum atomic E-state index is 6.19. The van der Waals surface area contributed by atoms with Crippen LogP contribution in [0.2, 0.25) is 0 Å². The topological polar surface area (TPSA) is 101 Å². The normalized spacial score (nSPS) is 10.9. The van der Waals surface area contributed by atoms with Gasteiger partial charge in [-0.05, 0) is 41.5 Å². The predicted octanol–water partition coefficient (Wildman–Crippen LogP) is 4.11. The van der Waals surface area contributed by atoms with Crippen LogP contribution >= 0.6 is 0 Å². The molecule has 0 atom stereocenters. The summed E-state index contributed by atoms with van der Waals surface area (Å²) in [7, 11) is 1.66. The highest BCUT2D eigenvalue weighted by Gasteiger charge is 2.16. The molecule has 2 N–H and O–H groups in total. The van der Waals surface area contributed by atoms with Crippen molar-refractivity contribution in [3.63, 3.8) is 0 Å². The third-order valence-electron chi connectivity index (χ3n) is 5.29. The van der Waals surface area contributed by atoms with Crippen molar-refractivity contribution in [2.75, 3.05) is 12.8 Å². The molecular weight excluding hydrogens is 416 g/mol. The Kier molecular flexibility index (Phi) is 5.55. The Bertz CT molecular complexity index is 1380. The monoisotopic (exact) mass is 438 g/mol. The molecule has 0 saturated heterocycles. The Morgan fingerprint density at radius 1 is 0.939 bits per heavy atom. The summed E-state index contributed by atoms with van der Waals surface area (Å²) in [5.74, 6) is 1.97. The first kappa shape index (κ1) is 20.4. The molecule has 0 bridgehead atoms. The Morgan fingerprint density at radius 2 is 1.73 bits per heavy atom. The highest BCUT2D eigenvalue weighted by atomic mass is 16.5. The Labute approximate surface area is 190 Å². The fraction of sp³-hybridized carbons (Fsp3) is 0.120. The first-order chi connectivity index (χ1) is 16.2. The number of nitrogens with two attached hydrogens (primary N) is 1. The number of rotatable bonds is 7. The first-order valence-corrected chi connectivity index (χ1v) is 10.4. The zero-order valence-electron chi connectivity index (χ0n) is 18.0. The van der Waals surface area contributed by atoms with Crippen molar-refractivity contribution in [3.05, 3.63) is 90.4 Å². The van der Waals surface area contributed by atoms with Crippen LogP contribution in [0.15, 0.2) is 79.3 Å². The van der Waals surface area contributed by atoms with Gasteiger partial charge in [-0.1, -0.05) is 30.3 Å². The SMILES string of the molecule is COc1ccc(Cn2nc(-c3ncc(OCc4ccncc4)c(N)n3)c3ccccc32)cc1. The molecule has 2 aromatic carbocycles. The van der Waals surface area contributed by atoms with Gasteiger partial charge >= 0.3 is 0 Å². The third-order valence-corrected chi connectivity index (χ3v) is 5.29. The fourth-order valence-electron chi connectivity index (χ4n) is 3.57. The summed E-state index contributed by atoms with van der Waals surface area (Å²) in [6.45, 7) is 0.960. The molecule has 0 unspecified atom stereocenters. The van der Waals surface area contributed by atoms with Crippen LogP contribution in [0.25, 0.3) is 22.4 Å². The largest absolute Gasteiger partial charge is 0.497 e. The van der Waals surface area contributed by atoms with Gasteiger partial charge in [0, 0.05) is 17.8 Å². The van der Waals surface area contributed by atoms with E-state index in [4.69, 9.17) is 20.3 Å². The summed E-state index contributed by atoms with van der Waals surface area (Å²) < 4.78 is 13.0. The second kappa shape index (κ2) is 8.96. The number of nitrogens with zero attached hydrogens (tertiary/aromatic N) is 5. The Morgan fingerprint density at radius 3 is 2.48 bits per heavy atom. The van der Waals surface area contributed by atoms with Crippen LogP contribution in [-0.2, 0) is 13.2 Å². The van der Waals surface area contributed by atoms with Crippen LogP contribution in [-0.4, -0.2) is 31.8 Å². The van der Waals surface area contributed by atoms with Gasteiger partial charge in [0.1, 0.15) is 18.1 Å². The van der Waals surface area contributed by atoms with Crippen LogP contribution in [0.1, 0.15) is 11.1 Å². The van der Waals surface area contributed by atoms with Gasteiger partial charge in [-0.3, -0.25) is 9.67 Å². The number of hydrogen-bond acceptors (Lipinski definition) is 7. The predicted molar refractivity (Wildman–Crippen MR) is 126 cm³/mol. The average molecular weight is 438 g/mol. The molecular formula is C25H22N6O2. The minimum absolute atomic E-state index is 0.267. The van der Waals surface area contributed by atoms with Gasteiger partial charge < -0.3 is 15.2 Å². The van der Waals surface area contributed by atoms with Gasteiger partial charge in [-0.25, -0.2) is 9.97 Å². The van der Waals surface area contributed by atoms with E-state index in [-0.39, 0.29) is 5.82 Å². The summed E-state index contributed by atoms with van der Waals surface area (Å²) >= 11 is 0. The first-order valence-electron chi connectivity index (χ1n) is 10.4. The number of anilines is 1. The number of benzene rings is 2. The molecule has 0 amide bonds. The summed E-state index contributed by atoms with van der Waals surface area (Å²) in [5.41, 5.74) is 9.94. The summed E-state index contributed by atoms with van der Waals surface area (Å²) in [5, 5.41) is 5.77. The van der Waals surface area contributed by atoms with Gasteiger partial charge in [0.2, 0.25) is 0 Å². The molecule has 3 aromatic heterocycles. The Balaban J connectivity index is 1.43. The zero-order chi connectivity index (χ0) is 22.6. The van der Waals surface area contributed by atoms with Crippen molar-refractivity contribution in [3.8, 4) is 23.0 Å². The molecule has 0 saturated carbocycles. The highest BCUT2D eigenvalue weighted by molar-refractivity contribution is 5.91. The van der Waals surface area contributed by atoms with E-state index < -0.39 is 0 Å². The fourth-order valence-corrected chi connectivity index (χ4v) is 3.57. The maximum absolute atomic E-state index is 6.19. The smallest absolute Gasteiger partial charge is 0.182 e. The minimum Gasteiger partial charge on any atom is -0.497 e. The van der Waals surface area contributed by atoms with Gasteiger partial charge in [0.15, 0.2) is 17.4 Å². The highest BCUT2D eigenvalue weighted by Crippen LogP contribution is 2.29. The molecule has 3 heterocycles. The number of ether oxygens (including phenoxy) is 2. The molecule has 5 aromatic rings. The lowest BCUT2D eigenvalue weighted by Gasteiger charge is -2.08. The lowest BCUT2D eigenvalue weighted by Crippen LogP contribution is -2.04. The summed E-state index contributed by atoms with van der Waals surface area (Å²) in [6.07, 6.45) is 5.03. The number of fused-ring (bicyclic) bond motifs is 1. The third kappa shape index (κ3) is 4.31. The van der Waals surface area contributed by atoms with E-state index in [0.29, 0.717) is 30.4 Å². The average Bonchev–Trinajstić information content (AvgIpc) is 3.23. The summed E-state index contributed by atoms with van der Waals surface area (Å²) in [4.78, 5) is 13.0. The number of para-hydroxylation sites is 1. The number of nitrogen functional groups attached to an aromatic ring is 1. The van der Waals surface area contributed by atoms with Crippen LogP contribution in [0, 0.1) is 0 Å². The van der Waals surface area contributed by atoms with Gasteiger partial charge in [0.25, 0.3) is 0 Å². The van der Waals surface area contributed by atoms with Crippen molar-refractivity contribution in [2.24, 2.45) is 0 Å². The second-order valence-corrected chi connectivity index (χ2v) is 7.46. The van der Waals surface area contributed by atoms with Crippen LogP contribution < -0.4 is 15.2 Å². The van der Waals surface area contributed by atoms with Crippen molar-refractivity contribution in [2.45, 2.75) is 13.2 Å². The summed E-state index contributed by atoms with van der Waals surface area (Å²) in [6, 6.07) is 19.7. The van der Waals surface area contributed by atoms with E-state index in [0.717, 1.165) is 27.8 Å². The van der Waals surface area contributed by atoms with Crippen molar-refractivity contribution < 1.29 is 9.47 Å². The quantitative estimate of drug-likeness (QED) is 0.408. The van der Waals surface area contributed by atoms with Crippen molar-refractivity contribution >= 4 is 16.7 Å². The second-order valence-electron chi connectivity index (χ2n) is 7.46. The van der Waals surface area contributed by atoms with Crippen LogP contribution in [0.4, 0.5) is 5.82 Å². The number of methoxy groups -OCH3 is 1. The molecule has 8 nitrogen and oxygen atoms in total. The standard InChI is InChI=1S/C25H22N6O2/c1-32-19-8-6-17(7-9-19)15-31-21-5-3-2-4-20(21)23(30-31)25-28-14-22(24(26)29-25)33-16-18-10-12-27-13-11-18/h2-14H,15-16H2,1H3,(H2,26,28,29). The van der Waals surface area contributed by atoms with E-state index in [1.165, 1.54) is 0 Å². The van der Waals surface area contributed by atoms with E-state index >= 15 is 0 Å². The van der Waals surface area contributed by atoms with E-state index in [9.17, 15) is 0 Å². The molecule has 8 heteroatoms. The van der Waals surface area contributed by atoms with Gasteiger partial charge in [0.05, 0.1) is 25.4 Å². The van der Waals surface area contributed by atoms with Gasteiger partial charge in [-0.15, -0.1) is 0 Å². The molecule has 0 aliphatic rings. The molecule has 5 rings (SSSR count). The lowest BCUT2D eigenvalue weighted by atomic mass is 10.2. The van der Waals surface area contributed by atoms with E-state index in [1.54, 1.807) is 25.7 Å². The van der Waals surface area contributed by atoms with Crippen LogP contribution in [0.5, 0.6) is 11.5 Å². The van der Waals surface area contributed by atoms with Crippen molar-refractivity contribution in [1.29, 1.82) is 0 Å². The molecule has 0 aliphatic carbocycles. The maximum Gasteiger partial charge on any atom is 0.182 e. The van der Waals surface area contributed by atoms with Gasteiger partial charge in [-0.2, -0.15) is 5.10 Å². The molecule has 33 heavy (non-hydrogen) atoms. The molecule has 0 fully saturated rings. The lowest BCUT2D eigenvalue weighted by molar-refractivity contribution is 0.305. The zero-order valence-corrected chi connectivity index (χ0v) is 18.0. The van der Waals surface area contributed by atoms with Crippen molar-refractivity contribution in [1.82, 2.24) is 24.7 Å². The molecule has 0 spiro atoms. The molecule has 0 aliphatic heterocycles. The number of hydrogen-bond donors (Lipinski definition) is 1. The van der Waals surface area contributed by atoms with E-state index in [1.807, 2.05) is 65.3 Å². The van der Waals surface area contributed by atoms with E-state index in [2.05, 4.69) is 15.0 Å². The number of pyridine rings is 1. The van der Waals surface area contributed by atoms with Crippen LogP contribution in [0.3, 0.4) is 0 Å². The number of aromatic nitrogens is 5. The Hall–Kier alpha value is -4.46. The molecule has 164 valence electrons.